The molecular formula is C21H23N3O5. The molecule has 2 aromatic heterocycles. The molecule has 3 rings (SSSR count). The molecule has 0 saturated heterocycles. The smallest absolute Gasteiger partial charge is 0.291 e. The van der Waals surface area contributed by atoms with Crippen molar-refractivity contribution in [1.82, 2.24) is 10.2 Å². The molecule has 0 unspecified atom stereocenters. The van der Waals surface area contributed by atoms with Crippen LogP contribution in [0.15, 0.2) is 69.9 Å². The van der Waals surface area contributed by atoms with E-state index in [1.807, 2.05) is 31.1 Å². The molecule has 0 radical (unpaired) electrons. The number of nitrogens with zero attached hydrogens (tertiary/aromatic N) is 1. The van der Waals surface area contributed by atoms with Gasteiger partial charge < -0.3 is 24.2 Å². The number of amides is 2. The summed E-state index contributed by atoms with van der Waals surface area (Å²) in [5, 5.41) is 5.55. The molecule has 0 spiro atoms. The Hall–Kier alpha value is -3.52. The van der Waals surface area contributed by atoms with Crippen molar-refractivity contribution in [1.29, 1.82) is 0 Å². The first-order chi connectivity index (χ1) is 14.0. The number of anilines is 1. The number of hydrogen-bond acceptors (Lipinski definition) is 6. The lowest BCUT2D eigenvalue weighted by molar-refractivity contribution is -0.123. The summed E-state index contributed by atoms with van der Waals surface area (Å²) in [5.41, 5.74) is 0.537. The summed E-state index contributed by atoms with van der Waals surface area (Å²) in [5.74, 6) is 0.831. The van der Waals surface area contributed by atoms with E-state index in [-0.39, 0.29) is 30.2 Å². The van der Waals surface area contributed by atoms with Crippen LogP contribution in [0.4, 0.5) is 5.69 Å². The van der Waals surface area contributed by atoms with Gasteiger partial charge in [0, 0.05) is 18.3 Å². The van der Waals surface area contributed by atoms with Crippen LogP contribution in [-0.2, 0) is 4.79 Å². The highest BCUT2D eigenvalue weighted by molar-refractivity contribution is 6.02. The van der Waals surface area contributed by atoms with Crippen molar-refractivity contribution in [3.8, 4) is 5.75 Å². The molecule has 0 saturated carbocycles. The zero-order chi connectivity index (χ0) is 20.6. The second-order valence-corrected chi connectivity index (χ2v) is 6.55. The molecule has 0 aliphatic rings. The first-order valence-corrected chi connectivity index (χ1v) is 9.07. The third-order valence-electron chi connectivity index (χ3n) is 4.19. The Morgan fingerprint density at radius 3 is 2.55 bits per heavy atom. The van der Waals surface area contributed by atoms with Crippen LogP contribution < -0.4 is 15.4 Å². The fraction of sp³-hybridized carbons (Fsp3) is 0.238. The van der Waals surface area contributed by atoms with Gasteiger partial charge >= 0.3 is 0 Å². The average Bonchev–Trinajstić information content (AvgIpc) is 3.41. The largest absolute Gasteiger partial charge is 0.484 e. The maximum absolute atomic E-state index is 12.2. The number of hydrogen-bond donors (Lipinski definition) is 2. The Bertz CT molecular complexity index is 920. The molecular weight excluding hydrogens is 374 g/mol. The van der Waals surface area contributed by atoms with Gasteiger partial charge in [0.15, 0.2) is 12.4 Å². The van der Waals surface area contributed by atoms with Crippen LogP contribution in [0.1, 0.15) is 22.4 Å². The lowest BCUT2D eigenvalue weighted by atomic mass is 10.2. The predicted molar refractivity (Wildman–Crippen MR) is 107 cm³/mol. The monoisotopic (exact) mass is 397 g/mol. The van der Waals surface area contributed by atoms with Crippen molar-refractivity contribution in [3.63, 3.8) is 0 Å². The van der Waals surface area contributed by atoms with Gasteiger partial charge in [0.25, 0.3) is 11.8 Å². The van der Waals surface area contributed by atoms with Gasteiger partial charge in [0.05, 0.1) is 18.6 Å². The quantitative estimate of drug-likeness (QED) is 0.576. The molecule has 2 amide bonds. The molecule has 3 aromatic rings. The Labute approximate surface area is 168 Å². The number of rotatable bonds is 9. The minimum Gasteiger partial charge on any atom is -0.484 e. The second kappa shape index (κ2) is 9.61. The van der Waals surface area contributed by atoms with E-state index in [9.17, 15) is 9.59 Å². The van der Waals surface area contributed by atoms with Gasteiger partial charge in [-0.15, -0.1) is 0 Å². The summed E-state index contributed by atoms with van der Waals surface area (Å²) in [6.45, 7) is 0.246. The summed E-state index contributed by atoms with van der Waals surface area (Å²) >= 11 is 0. The Morgan fingerprint density at radius 1 is 1.07 bits per heavy atom. The van der Waals surface area contributed by atoms with E-state index in [0.717, 1.165) is 5.76 Å². The van der Waals surface area contributed by atoms with Gasteiger partial charge in [0.2, 0.25) is 0 Å². The molecule has 1 atom stereocenters. The zero-order valence-electron chi connectivity index (χ0n) is 16.3. The zero-order valence-corrected chi connectivity index (χ0v) is 16.3. The lowest BCUT2D eigenvalue weighted by Crippen LogP contribution is -2.36. The molecule has 0 bridgehead atoms. The number of ether oxygens (including phenoxy) is 1. The topological polar surface area (TPSA) is 97.0 Å². The molecule has 152 valence electrons. The van der Waals surface area contributed by atoms with E-state index in [1.54, 1.807) is 42.7 Å². The number of carbonyl (C=O) groups excluding carboxylic acids is 2. The summed E-state index contributed by atoms with van der Waals surface area (Å²) in [6.07, 6.45) is 3.04. The first-order valence-electron chi connectivity index (χ1n) is 9.07. The Kier molecular flexibility index (Phi) is 6.70. The molecule has 1 aromatic carbocycles. The minimum atomic E-state index is -0.363. The Balaban J connectivity index is 1.49. The van der Waals surface area contributed by atoms with Crippen LogP contribution in [0.2, 0.25) is 0 Å². The molecule has 2 heterocycles. The summed E-state index contributed by atoms with van der Waals surface area (Å²) in [7, 11) is 3.83. The number of benzene rings is 1. The minimum absolute atomic E-state index is 0.0749. The normalized spacial score (nSPS) is 11.8. The summed E-state index contributed by atoms with van der Waals surface area (Å²) < 4.78 is 16.0. The van der Waals surface area contributed by atoms with Gasteiger partial charge in [-0.3, -0.25) is 14.5 Å². The van der Waals surface area contributed by atoms with Crippen LogP contribution in [-0.4, -0.2) is 44.0 Å². The van der Waals surface area contributed by atoms with Gasteiger partial charge in [-0.2, -0.15) is 0 Å². The predicted octanol–water partition coefficient (Wildman–Crippen LogP) is 2.92. The van der Waals surface area contributed by atoms with Gasteiger partial charge in [-0.1, -0.05) is 6.07 Å². The number of nitrogens with one attached hydrogen (secondary N) is 2. The summed E-state index contributed by atoms with van der Waals surface area (Å²) in [4.78, 5) is 26.2. The highest BCUT2D eigenvalue weighted by Crippen LogP contribution is 2.19. The molecule has 8 heteroatoms. The van der Waals surface area contributed by atoms with E-state index in [0.29, 0.717) is 18.0 Å². The summed E-state index contributed by atoms with van der Waals surface area (Å²) in [6, 6.07) is 13.6. The van der Waals surface area contributed by atoms with Crippen LogP contribution in [0.3, 0.4) is 0 Å². The fourth-order valence-corrected chi connectivity index (χ4v) is 2.69. The van der Waals surface area contributed by atoms with Gasteiger partial charge in [-0.05, 0) is 50.5 Å². The van der Waals surface area contributed by atoms with E-state index in [1.165, 1.54) is 6.26 Å². The number of carbonyl (C=O) groups is 2. The average molecular weight is 397 g/mol. The molecule has 2 N–H and O–H groups in total. The maximum Gasteiger partial charge on any atom is 0.291 e. The van der Waals surface area contributed by atoms with Crippen LogP contribution in [0.5, 0.6) is 5.75 Å². The molecule has 0 aliphatic carbocycles. The van der Waals surface area contributed by atoms with Crippen LogP contribution in [0.25, 0.3) is 0 Å². The fourth-order valence-electron chi connectivity index (χ4n) is 2.69. The van der Waals surface area contributed by atoms with Crippen LogP contribution >= 0.6 is 0 Å². The molecule has 29 heavy (non-hydrogen) atoms. The van der Waals surface area contributed by atoms with Crippen molar-refractivity contribution >= 4 is 17.5 Å². The van der Waals surface area contributed by atoms with E-state index >= 15 is 0 Å². The Morgan fingerprint density at radius 2 is 1.86 bits per heavy atom. The first kappa shape index (κ1) is 20.2. The van der Waals surface area contributed by atoms with Crippen LogP contribution in [0, 0.1) is 0 Å². The molecule has 8 nitrogen and oxygen atoms in total. The third kappa shape index (κ3) is 5.73. The van der Waals surface area contributed by atoms with Crippen molar-refractivity contribution in [2.45, 2.75) is 6.04 Å². The number of furan rings is 2. The van der Waals surface area contributed by atoms with Crippen molar-refractivity contribution < 1.29 is 23.2 Å². The van der Waals surface area contributed by atoms with E-state index in [2.05, 4.69) is 10.6 Å². The van der Waals surface area contributed by atoms with Crippen molar-refractivity contribution in [2.75, 3.05) is 32.6 Å². The van der Waals surface area contributed by atoms with Gasteiger partial charge in [-0.25, -0.2) is 0 Å². The standard InChI is InChI=1S/C21H23N3O5/c1-24(2)17(18-8-4-10-27-18)13-22-20(25)14-29-16-7-3-6-15(12-16)23-21(26)19-9-5-11-28-19/h3-12,17H,13-14H2,1-2H3,(H,22,25)(H,23,26)/t17-/m1/s1. The third-order valence-corrected chi connectivity index (χ3v) is 4.19. The molecule has 0 aliphatic heterocycles. The van der Waals surface area contributed by atoms with E-state index in [4.69, 9.17) is 13.6 Å². The van der Waals surface area contributed by atoms with Gasteiger partial charge in [0.1, 0.15) is 11.5 Å². The van der Waals surface area contributed by atoms with E-state index < -0.39 is 0 Å². The second-order valence-electron chi connectivity index (χ2n) is 6.55. The highest BCUT2D eigenvalue weighted by atomic mass is 16.5. The lowest BCUT2D eigenvalue weighted by Gasteiger charge is -2.22. The van der Waals surface area contributed by atoms with Crippen molar-refractivity contribution in [2.24, 2.45) is 0 Å². The number of likely N-dealkylation sites (N-methyl/N-ethyl adjacent to an activating group) is 1. The highest BCUT2D eigenvalue weighted by Gasteiger charge is 2.18. The molecule has 0 fully saturated rings. The van der Waals surface area contributed by atoms with Crippen molar-refractivity contribution in [3.05, 3.63) is 72.6 Å². The SMILES string of the molecule is CN(C)[C@H](CNC(=O)COc1cccc(NC(=O)c2ccco2)c1)c1ccco1. The maximum atomic E-state index is 12.2.